The van der Waals surface area contributed by atoms with Crippen molar-refractivity contribution in [3.63, 3.8) is 0 Å². The van der Waals surface area contributed by atoms with Crippen LogP contribution in [0.4, 0.5) is 0 Å². The normalized spacial score (nSPS) is 10.8. The van der Waals surface area contributed by atoms with Gasteiger partial charge in [-0.3, -0.25) is 0 Å². The highest BCUT2D eigenvalue weighted by Gasteiger charge is 2.10. The fraction of sp³-hybridized carbons (Fsp3) is 0.700. The SMILES string of the molecule is CCSCCn1cc[n+](CSC)c1C. The van der Waals surface area contributed by atoms with E-state index in [2.05, 4.69) is 41.6 Å². The monoisotopic (exact) mass is 231 g/mol. The molecule has 0 radical (unpaired) electrons. The Morgan fingerprint density at radius 1 is 1.50 bits per heavy atom. The minimum absolute atomic E-state index is 1.06. The lowest BCUT2D eigenvalue weighted by Crippen LogP contribution is -2.33. The number of thioether (sulfide) groups is 2. The van der Waals surface area contributed by atoms with Crippen LogP contribution in [0.5, 0.6) is 0 Å². The lowest BCUT2D eigenvalue weighted by Gasteiger charge is -1.99. The van der Waals surface area contributed by atoms with E-state index >= 15 is 0 Å². The zero-order chi connectivity index (χ0) is 10.4. The second-order valence-electron chi connectivity index (χ2n) is 3.12. The van der Waals surface area contributed by atoms with E-state index in [0.717, 1.165) is 12.4 Å². The molecule has 0 aliphatic rings. The average Bonchev–Trinajstić information content (AvgIpc) is 2.51. The summed E-state index contributed by atoms with van der Waals surface area (Å²) in [5, 5.41) is 0. The molecule has 0 aliphatic heterocycles. The number of aromatic nitrogens is 2. The summed E-state index contributed by atoms with van der Waals surface area (Å²) in [6, 6.07) is 0. The maximum absolute atomic E-state index is 2.33. The molecular weight excluding hydrogens is 212 g/mol. The first kappa shape index (κ1) is 12.0. The highest BCUT2D eigenvalue weighted by Crippen LogP contribution is 2.03. The molecule has 0 unspecified atom stereocenters. The quantitative estimate of drug-likeness (QED) is 0.548. The second kappa shape index (κ2) is 6.40. The number of hydrogen-bond donors (Lipinski definition) is 0. The molecule has 2 nitrogen and oxygen atoms in total. The van der Waals surface area contributed by atoms with Gasteiger partial charge < -0.3 is 0 Å². The number of hydrogen-bond acceptors (Lipinski definition) is 2. The zero-order valence-corrected chi connectivity index (χ0v) is 10.8. The van der Waals surface area contributed by atoms with Crippen molar-refractivity contribution in [1.29, 1.82) is 0 Å². The number of rotatable bonds is 6. The Morgan fingerprint density at radius 2 is 2.29 bits per heavy atom. The van der Waals surface area contributed by atoms with Crippen LogP contribution in [-0.4, -0.2) is 22.3 Å². The first-order valence-electron chi connectivity index (χ1n) is 4.91. The predicted octanol–water partition coefficient (Wildman–Crippen LogP) is 2.16. The van der Waals surface area contributed by atoms with Gasteiger partial charge in [0.05, 0.1) is 6.54 Å². The summed E-state index contributed by atoms with van der Waals surface area (Å²) in [6.07, 6.45) is 6.49. The summed E-state index contributed by atoms with van der Waals surface area (Å²) >= 11 is 3.85. The molecule has 0 atom stereocenters. The lowest BCUT2D eigenvalue weighted by atomic mass is 10.6. The summed E-state index contributed by atoms with van der Waals surface area (Å²) in [5.41, 5.74) is 0. The summed E-state index contributed by atoms with van der Waals surface area (Å²) in [6.45, 7) is 5.53. The first-order valence-corrected chi connectivity index (χ1v) is 7.46. The van der Waals surface area contributed by atoms with Gasteiger partial charge >= 0.3 is 0 Å². The molecular formula is C10H19N2S2+. The Balaban J connectivity index is 2.51. The summed E-state index contributed by atoms with van der Waals surface area (Å²) in [4.78, 5) is 0. The Labute approximate surface area is 95.1 Å². The smallest absolute Gasteiger partial charge is 0.234 e. The van der Waals surface area contributed by atoms with Crippen LogP contribution >= 0.6 is 23.5 Å². The molecule has 1 aromatic rings. The van der Waals surface area contributed by atoms with E-state index in [9.17, 15) is 0 Å². The third kappa shape index (κ3) is 3.24. The minimum Gasteiger partial charge on any atom is -0.234 e. The van der Waals surface area contributed by atoms with Crippen molar-refractivity contribution in [2.24, 2.45) is 0 Å². The van der Waals surface area contributed by atoms with Crippen LogP contribution in [0.15, 0.2) is 12.4 Å². The van der Waals surface area contributed by atoms with Gasteiger partial charge in [-0.15, -0.1) is 11.8 Å². The summed E-state index contributed by atoms with van der Waals surface area (Å²) in [7, 11) is 0. The van der Waals surface area contributed by atoms with Gasteiger partial charge in [0.1, 0.15) is 18.3 Å². The molecule has 0 amide bonds. The van der Waals surface area contributed by atoms with Crippen LogP contribution in [0.3, 0.4) is 0 Å². The van der Waals surface area contributed by atoms with Gasteiger partial charge in [-0.25, -0.2) is 9.13 Å². The molecule has 1 aromatic heterocycles. The van der Waals surface area contributed by atoms with Crippen LogP contribution in [0.25, 0.3) is 0 Å². The van der Waals surface area contributed by atoms with Crippen molar-refractivity contribution >= 4 is 23.5 Å². The van der Waals surface area contributed by atoms with E-state index in [-0.39, 0.29) is 0 Å². The van der Waals surface area contributed by atoms with Gasteiger partial charge in [-0.05, 0) is 12.0 Å². The first-order chi connectivity index (χ1) is 6.79. The number of nitrogens with zero attached hydrogens (tertiary/aromatic N) is 2. The molecule has 4 heteroatoms. The van der Waals surface area contributed by atoms with Gasteiger partial charge in [-0.1, -0.05) is 6.92 Å². The van der Waals surface area contributed by atoms with E-state index in [1.54, 1.807) is 0 Å². The van der Waals surface area contributed by atoms with Crippen LogP contribution in [0, 0.1) is 6.92 Å². The Bertz CT molecular complexity index is 271. The Hall–Kier alpha value is -0.0900. The van der Waals surface area contributed by atoms with Gasteiger partial charge in [0.25, 0.3) is 5.82 Å². The van der Waals surface area contributed by atoms with Crippen molar-refractivity contribution in [2.45, 2.75) is 26.3 Å². The van der Waals surface area contributed by atoms with Crippen molar-refractivity contribution < 1.29 is 4.57 Å². The summed E-state index contributed by atoms with van der Waals surface area (Å²) < 4.78 is 4.63. The molecule has 0 aromatic carbocycles. The third-order valence-electron chi connectivity index (χ3n) is 2.21. The molecule has 0 saturated carbocycles. The fourth-order valence-corrected chi connectivity index (χ4v) is 2.53. The molecule has 0 N–H and O–H groups in total. The van der Waals surface area contributed by atoms with E-state index < -0.39 is 0 Å². The maximum Gasteiger partial charge on any atom is 0.253 e. The highest BCUT2D eigenvalue weighted by atomic mass is 32.2. The molecule has 14 heavy (non-hydrogen) atoms. The third-order valence-corrected chi connectivity index (χ3v) is 3.62. The van der Waals surface area contributed by atoms with Crippen LogP contribution in [0.2, 0.25) is 0 Å². The molecule has 1 heterocycles. The fourth-order valence-electron chi connectivity index (χ4n) is 1.36. The molecule has 0 fully saturated rings. The summed E-state index contributed by atoms with van der Waals surface area (Å²) in [5.74, 6) is 4.84. The van der Waals surface area contributed by atoms with Crippen LogP contribution in [0.1, 0.15) is 12.7 Å². The maximum atomic E-state index is 2.33. The highest BCUT2D eigenvalue weighted by molar-refractivity contribution is 7.99. The topological polar surface area (TPSA) is 8.81 Å². The molecule has 1 rings (SSSR count). The Morgan fingerprint density at radius 3 is 2.93 bits per heavy atom. The largest absolute Gasteiger partial charge is 0.253 e. The van der Waals surface area contributed by atoms with E-state index in [1.807, 2.05) is 23.5 Å². The zero-order valence-electron chi connectivity index (χ0n) is 9.19. The number of aryl methyl sites for hydroxylation is 1. The van der Waals surface area contributed by atoms with E-state index in [4.69, 9.17) is 0 Å². The lowest BCUT2D eigenvalue weighted by molar-refractivity contribution is -0.681. The van der Waals surface area contributed by atoms with E-state index in [0.29, 0.717) is 0 Å². The van der Waals surface area contributed by atoms with Gasteiger partial charge in [-0.2, -0.15) is 11.8 Å². The van der Waals surface area contributed by atoms with Gasteiger partial charge in [0.15, 0.2) is 0 Å². The predicted molar refractivity (Wildman–Crippen MR) is 65.9 cm³/mol. The minimum atomic E-state index is 1.06. The average molecular weight is 231 g/mol. The van der Waals surface area contributed by atoms with Gasteiger partial charge in [0, 0.05) is 12.7 Å². The van der Waals surface area contributed by atoms with Crippen molar-refractivity contribution in [3.8, 4) is 0 Å². The van der Waals surface area contributed by atoms with Crippen LogP contribution < -0.4 is 4.57 Å². The van der Waals surface area contributed by atoms with Crippen molar-refractivity contribution in [2.75, 3.05) is 17.8 Å². The van der Waals surface area contributed by atoms with E-state index in [1.165, 1.54) is 17.3 Å². The molecule has 0 aliphatic carbocycles. The van der Waals surface area contributed by atoms with Gasteiger partial charge in [0.2, 0.25) is 0 Å². The molecule has 0 spiro atoms. The Kier molecular flexibility index (Phi) is 5.48. The van der Waals surface area contributed by atoms with Crippen molar-refractivity contribution in [1.82, 2.24) is 4.57 Å². The second-order valence-corrected chi connectivity index (χ2v) is 5.35. The molecule has 80 valence electrons. The van der Waals surface area contributed by atoms with Crippen LogP contribution in [-0.2, 0) is 12.4 Å². The molecule has 0 bridgehead atoms. The van der Waals surface area contributed by atoms with Crippen molar-refractivity contribution in [3.05, 3.63) is 18.2 Å². The number of imidazole rings is 1. The standard InChI is InChI=1S/C10H19N2S2/c1-4-14-8-7-11-5-6-12(9-13-3)10(11)2/h5-6H,4,7-9H2,1-3H3/q+1. The molecule has 0 saturated heterocycles.